The predicted molar refractivity (Wildman–Crippen MR) is 75.3 cm³/mol. The molecule has 1 atom stereocenters. The highest BCUT2D eigenvalue weighted by Crippen LogP contribution is 2.33. The second-order valence-corrected chi connectivity index (χ2v) is 6.17. The van der Waals surface area contributed by atoms with Crippen LogP contribution in [0, 0.1) is 5.92 Å². The average Bonchev–Trinajstić information content (AvgIpc) is 3.10. The third-order valence-electron chi connectivity index (χ3n) is 3.29. The van der Waals surface area contributed by atoms with E-state index in [0.29, 0.717) is 30.7 Å². The van der Waals surface area contributed by atoms with Crippen molar-refractivity contribution in [1.29, 1.82) is 0 Å². The van der Waals surface area contributed by atoms with Gasteiger partial charge in [-0.2, -0.15) is 0 Å². The van der Waals surface area contributed by atoms with Gasteiger partial charge in [0.1, 0.15) is 0 Å². The van der Waals surface area contributed by atoms with Crippen LogP contribution in [0.3, 0.4) is 0 Å². The minimum atomic E-state index is -0.831. The average molecular weight is 265 g/mol. The number of aliphatic hydroxyl groups is 1. The van der Waals surface area contributed by atoms with Gasteiger partial charge in [0, 0.05) is 25.0 Å². The van der Waals surface area contributed by atoms with Crippen LogP contribution in [0.5, 0.6) is 0 Å². The monoisotopic (exact) mass is 265 g/mol. The summed E-state index contributed by atoms with van der Waals surface area (Å²) in [6.45, 7) is 6.25. The number of rotatable bonds is 6. The Kier molecular flexibility index (Phi) is 3.94. The normalized spacial score (nSPS) is 18.4. The fraction of sp³-hybridized carbons (Fsp3) is 0.714. The van der Waals surface area contributed by atoms with Crippen molar-refractivity contribution < 1.29 is 5.11 Å². The van der Waals surface area contributed by atoms with Crippen LogP contribution >= 0.6 is 0 Å². The summed E-state index contributed by atoms with van der Waals surface area (Å²) in [4.78, 5) is 16.2. The molecule has 1 aromatic rings. The molecule has 5 heteroatoms. The SMILES string of the molecule is CC(C)CC(C)(O)CNc1nccn(C2CC2)c1=O. The molecular formula is C14H23N3O2. The van der Waals surface area contributed by atoms with Crippen LogP contribution in [0.1, 0.15) is 46.1 Å². The quantitative estimate of drug-likeness (QED) is 0.823. The Labute approximate surface area is 113 Å². The lowest BCUT2D eigenvalue weighted by molar-refractivity contribution is 0.0514. The van der Waals surface area contributed by atoms with E-state index in [9.17, 15) is 9.90 Å². The van der Waals surface area contributed by atoms with Gasteiger partial charge in [0.2, 0.25) is 0 Å². The smallest absolute Gasteiger partial charge is 0.293 e. The van der Waals surface area contributed by atoms with Gasteiger partial charge >= 0.3 is 0 Å². The van der Waals surface area contributed by atoms with E-state index in [1.807, 2.05) is 0 Å². The lowest BCUT2D eigenvalue weighted by atomic mass is 9.94. The van der Waals surface area contributed by atoms with Crippen molar-refractivity contribution in [2.24, 2.45) is 5.92 Å². The molecule has 0 spiro atoms. The summed E-state index contributed by atoms with van der Waals surface area (Å²) in [7, 11) is 0. The Bertz CT molecular complexity index is 490. The Morgan fingerprint density at radius 1 is 1.58 bits per heavy atom. The molecule has 1 aliphatic rings. The molecule has 0 bridgehead atoms. The third-order valence-corrected chi connectivity index (χ3v) is 3.29. The standard InChI is InChI=1S/C14H23N3O2/c1-10(2)8-14(3,19)9-16-12-13(18)17(7-6-15-12)11-4-5-11/h6-7,10-11,19H,4-5,8-9H2,1-3H3,(H,15,16). The first-order valence-electron chi connectivity index (χ1n) is 6.92. The molecule has 0 aromatic carbocycles. The summed E-state index contributed by atoms with van der Waals surface area (Å²) in [6, 6.07) is 0.340. The lowest BCUT2D eigenvalue weighted by Crippen LogP contribution is -2.37. The van der Waals surface area contributed by atoms with Gasteiger partial charge in [0.25, 0.3) is 5.56 Å². The second-order valence-electron chi connectivity index (χ2n) is 6.17. The van der Waals surface area contributed by atoms with Crippen molar-refractivity contribution >= 4 is 5.82 Å². The van der Waals surface area contributed by atoms with Crippen molar-refractivity contribution in [2.75, 3.05) is 11.9 Å². The van der Waals surface area contributed by atoms with Crippen LogP contribution in [0.25, 0.3) is 0 Å². The summed E-state index contributed by atoms with van der Waals surface area (Å²) >= 11 is 0. The number of hydrogen-bond acceptors (Lipinski definition) is 4. The molecule has 19 heavy (non-hydrogen) atoms. The van der Waals surface area contributed by atoms with E-state index in [1.54, 1.807) is 23.9 Å². The number of nitrogens with one attached hydrogen (secondary N) is 1. The van der Waals surface area contributed by atoms with Gasteiger partial charge < -0.3 is 15.0 Å². The summed E-state index contributed by atoms with van der Waals surface area (Å²) in [6.07, 6.45) is 6.18. The minimum Gasteiger partial charge on any atom is -0.388 e. The first-order valence-corrected chi connectivity index (χ1v) is 6.92. The molecule has 2 N–H and O–H groups in total. The predicted octanol–water partition coefficient (Wildman–Crippen LogP) is 1.79. The molecule has 0 saturated heterocycles. The maximum absolute atomic E-state index is 12.1. The van der Waals surface area contributed by atoms with E-state index < -0.39 is 5.60 Å². The summed E-state index contributed by atoms with van der Waals surface area (Å²) in [5.74, 6) is 0.738. The fourth-order valence-corrected chi connectivity index (χ4v) is 2.41. The molecule has 2 rings (SSSR count). The molecule has 1 heterocycles. The molecule has 0 aliphatic heterocycles. The molecule has 1 fully saturated rings. The molecule has 1 unspecified atom stereocenters. The van der Waals surface area contributed by atoms with Gasteiger partial charge in [-0.25, -0.2) is 4.98 Å². The highest BCUT2D eigenvalue weighted by atomic mass is 16.3. The van der Waals surface area contributed by atoms with Crippen LogP contribution in [-0.4, -0.2) is 26.8 Å². The Hall–Kier alpha value is -1.36. The third kappa shape index (κ3) is 3.80. The fourth-order valence-electron chi connectivity index (χ4n) is 2.41. The van der Waals surface area contributed by atoms with Gasteiger partial charge in [-0.3, -0.25) is 4.79 Å². The van der Waals surface area contributed by atoms with Gasteiger partial charge in [-0.05, 0) is 32.1 Å². The Balaban J connectivity index is 2.03. The number of hydrogen-bond donors (Lipinski definition) is 2. The van der Waals surface area contributed by atoms with Crippen molar-refractivity contribution in [1.82, 2.24) is 9.55 Å². The second kappa shape index (κ2) is 5.33. The van der Waals surface area contributed by atoms with Crippen molar-refractivity contribution in [2.45, 2.75) is 51.7 Å². The summed E-state index contributed by atoms with van der Waals surface area (Å²) in [5.41, 5.74) is -0.923. The zero-order valence-corrected chi connectivity index (χ0v) is 11.9. The minimum absolute atomic E-state index is 0.0923. The number of anilines is 1. The topological polar surface area (TPSA) is 67.2 Å². The van der Waals surface area contributed by atoms with E-state index >= 15 is 0 Å². The Morgan fingerprint density at radius 3 is 2.84 bits per heavy atom. The zero-order valence-electron chi connectivity index (χ0n) is 11.9. The molecule has 1 aromatic heterocycles. The summed E-state index contributed by atoms with van der Waals surface area (Å²) < 4.78 is 1.73. The van der Waals surface area contributed by atoms with E-state index in [1.165, 1.54) is 0 Å². The van der Waals surface area contributed by atoms with Crippen molar-refractivity contribution in [3.8, 4) is 0 Å². The Morgan fingerprint density at radius 2 is 2.26 bits per heavy atom. The number of aromatic nitrogens is 2. The van der Waals surface area contributed by atoms with E-state index in [2.05, 4.69) is 24.1 Å². The molecular weight excluding hydrogens is 242 g/mol. The first-order chi connectivity index (χ1) is 8.89. The van der Waals surface area contributed by atoms with Crippen LogP contribution in [0.15, 0.2) is 17.2 Å². The highest BCUT2D eigenvalue weighted by Gasteiger charge is 2.26. The zero-order chi connectivity index (χ0) is 14.0. The molecule has 1 saturated carbocycles. The highest BCUT2D eigenvalue weighted by molar-refractivity contribution is 5.31. The van der Waals surface area contributed by atoms with Gasteiger partial charge in [-0.15, -0.1) is 0 Å². The van der Waals surface area contributed by atoms with E-state index in [4.69, 9.17) is 0 Å². The molecule has 0 radical (unpaired) electrons. The van der Waals surface area contributed by atoms with Crippen LogP contribution in [-0.2, 0) is 0 Å². The summed E-state index contributed by atoms with van der Waals surface area (Å²) in [5, 5.41) is 13.2. The van der Waals surface area contributed by atoms with Crippen molar-refractivity contribution in [3.63, 3.8) is 0 Å². The van der Waals surface area contributed by atoms with E-state index in [-0.39, 0.29) is 5.56 Å². The molecule has 1 aliphatic carbocycles. The molecule has 106 valence electrons. The lowest BCUT2D eigenvalue weighted by Gasteiger charge is -2.25. The maximum Gasteiger partial charge on any atom is 0.293 e. The van der Waals surface area contributed by atoms with Crippen LogP contribution < -0.4 is 10.9 Å². The largest absolute Gasteiger partial charge is 0.388 e. The van der Waals surface area contributed by atoms with E-state index in [0.717, 1.165) is 12.8 Å². The van der Waals surface area contributed by atoms with Gasteiger partial charge in [-0.1, -0.05) is 13.8 Å². The maximum atomic E-state index is 12.1. The van der Waals surface area contributed by atoms with Crippen molar-refractivity contribution in [3.05, 3.63) is 22.7 Å². The molecule has 0 amide bonds. The van der Waals surface area contributed by atoms with Gasteiger partial charge in [0.05, 0.1) is 5.60 Å². The molecule has 5 nitrogen and oxygen atoms in total. The number of nitrogens with zero attached hydrogens (tertiary/aromatic N) is 2. The van der Waals surface area contributed by atoms with Crippen LogP contribution in [0.2, 0.25) is 0 Å². The first kappa shape index (κ1) is 14.1. The van der Waals surface area contributed by atoms with Gasteiger partial charge in [0.15, 0.2) is 5.82 Å². The van der Waals surface area contributed by atoms with Crippen LogP contribution in [0.4, 0.5) is 5.82 Å².